The third kappa shape index (κ3) is 4.61. The van der Waals surface area contributed by atoms with Crippen molar-refractivity contribution < 1.29 is 16.8 Å². The van der Waals surface area contributed by atoms with Crippen LogP contribution in [0.2, 0.25) is 0 Å². The summed E-state index contributed by atoms with van der Waals surface area (Å²) in [5.41, 5.74) is 2.41. The van der Waals surface area contributed by atoms with Crippen LogP contribution in [0.5, 0.6) is 0 Å². The molecule has 2 aliphatic rings. The molecule has 0 saturated carbocycles. The Hall–Kier alpha value is -0.960. The number of hydrogen-bond acceptors (Lipinski definition) is 4. The molecule has 0 spiro atoms. The highest BCUT2D eigenvalue weighted by Gasteiger charge is 2.26. The van der Waals surface area contributed by atoms with Crippen molar-refractivity contribution in [3.63, 3.8) is 0 Å². The highest BCUT2D eigenvalue weighted by atomic mass is 32.2. The molecule has 1 saturated heterocycles. The van der Waals surface area contributed by atoms with Crippen LogP contribution in [0, 0.1) is 5.92 Å². The van der Waals surface area contributed by atoms with Gasteiger partial charge in [-0.3, -0.25) is 0 Å². The van der Waals surface area contributed by atoms with Gasteiger partial charge in [-0.05, 0) is 67.7 Å². The van der Waals surface area contributed by atoms with Crippen molar-refractivity contribution in [3.8, 4) is 0 Å². The molecule has 1 fully saturated rings. The second-order valence-electron chi connectivity index (χ2n) is 7.09. The summed E-state index contributed by atoms with van der Waals surface area (Å²) >= 11 is 0. The maximum atomic E-state index is 12.6. The monoisotopic (exact) mass is 386 g/mol. The Morgan fingerprint density at radius 2 is 1.68 bits per heavy atom. The van der Waals surface area contributed by atoms with E-state index in [4.69, 9.17) is 0 Å². The molecule has 3 rings (SSSR count). The molecule has 1 aliphatic carbocycles. The van der Waals surface area contributed by atoms with E-state index in [9.17, 15) is 16.8 Å². The Kier molecular flexibility index (Phi) is 5.53. The maximum Gasteiger partial charge on any atom is 0.240 e. The number of nitrogens with one attached hydrogen (secondary N) is 1. The van der Waals surface area contributed by atoms with Gasteiger partial charge in [0.2, 0.25) is 20.0 Å². The normalized spacial score (nSPS) is 20.4. The molecule has 140 valence electrons. The predicted molar refractivity (Wildman–Crippen MR) is 97.4 cm³/mol. The number of sulfonamides is 2. The Balaban J connectivity index is 1.59. The quantitative estimate of drug-likeness (QED) is 0.832. The van der Waals surface area contributed by atoms with Gasteiger partial charge >= 0.3 is 0 Å². The van der Waals surface area contributed by atoms with Crippen molar-refractivity contribution >= 4 is 20.0 Å². The Labute approximate surface area is 150 Å². The van der Waals surface area contributed by atoms with Gasteiger partial charge < -0.3 is 0 Å². The minimum atomic E-state index is -3.52. The first-order chi connectivity index (χ1) is 11.8. The molecule has 0 atom stereocenters. The number of benzene rings is 1. The zero-order valence-corrected chi connectivity index (χ0v) is 16.2. The van der Waals surface area contributed by atoms with Crippen LogP contribution in [0.4, 0.5) is 0 Å². The van der Waals surface area contributed by atoms with Crippen LogP contribution in [0.25, 0.3) is 0 Å². The molecule has 1 heterocycles. The van der Waals surface area contributed by atoms with Gasteiger partial charge in [0.05, 0.1) is 11.2 Å². The average Bonchev–Trinajstić information content (AvgIpc) is 2.59. The molecule has 25 heavy (non-hydrogen) atoms. The number of piperidine rings is 1. The summed E-state index contributed by atoms with van der Waals surface area (Å²) in [7, 11) is -6.67. The summed E-state index contributed by atoms with van der Waals surface area (Å²) in [6, 6.07) is 5.44. The van der Waals surface area contributed by atoms with Crippen LogP contribution in [0.15, 0.2) is 23.1 Å². The summed E-state index contributed by atoms with van der Waals surface area (Å²) in [5, 5.41) is 0. The van der Waals surface area contributed by atoms with E-state index < -0.39 is 20.0 Å². The van der Waals surface area contributed by atoms with Gasteiger partial charge in [0.25, 0.3) is 0 Å². The zero-order valence-electron chi connectivity index (χ0n) is 14.6. The first-order valence-corrected chi connectivity index (χ1v) is 12.2. The molecule has 1 aromatic rings. The molecular weight excluding hydrogens is 360 g/mol. The second kappa shape index (κ2) is 7.34. The molecule has 0 amide bonds. The van der Waals surface area contributed by atoms with Crippen molar-refractivity contribution in [3.05, 3.63) is 29.3 Å². The van der Waals surface area contributed by atoms with Gasteiger partial charge in [0.1, 0.15) is 0 Å². The molecule has 0 aromatic heterocycles. The fourth-order valence-corrected chi connectivity index (χ4v) is 5.67. The first kappa shape index (κ1) is 18.8. The third-order valence-electron chi connectivity index (χ3n) is 5.23. The Morgan fingerprint density at radius 3 is 2.32 bits per heavy atom. The molecular formula is C17H26N2O4S2. The minimum Gasteiger partial charge on any atom is -0.213 e. The van der Waals surface area contributed by atoms with Gasteiger partial charge in [0, 0.05) is 19.6 Å². The van der Waals surface area contributed by atoms with Crippen molar-refractivity contribution in [2.75, 3.05) is 25.9 Å². The smallest absolute Gasteiger partial charge is 0.213 e. The average molecular weight is 387 g/mol. The van der Waals surface area contributed by atoms with Crippen molar-refractivity contribution in [1.82, 2.24) is 9.03 Å². The number of aryl methyl sites for hydroxylation is 2. The van der Waals surface area contributed by atoms with E-state index in [1.54, 1.807) is 6.07 Å². The van der Waals surface area contributed by atoms with E-state index in [0.29, 0.717) is 37.4 Å². The van der Waals surface area contributed by atoms with Gasteiger partial charge in [-0.15, -0.1) is 0 Å². The van der Waals surface area contributed by atoms with E-state index in [2.05, 4.69) is 4.72 Å². The van der Waals surface area contributed by atoms with Crippen LogP contribution in [-0.2, 0) is 32.9 Å². The summed E-state index contributed by atoms with van der Waals surface area (Å²) < 4.78 is 52.4. The summed E-state index contributed by atoms with van der Waals surface area (Å²) in [5.74, 6) is 0.172. The fraction of sp³-hybridized carbons (Fsp3) is 0.647. The Bertz CT molecular complexity index is 826. The number of fused-ring (bicyclic) bond motifs is 1. The first-order valence-electron chi connectivity index (χ1n) is 8.82. The van der Waals surface area contributed by atoms with Gasteiger partial charge in [-0.1, -0.05) is 6.07 Å². The zero-order chi connectivity index (χ0) is 18.1. The molecule has 1 N–H and O–H groups in total. The van der Waals surface area contributed by atoms with Crippen LogP contribution >= 0.6 is 0 Å². The lowest BCUT2D eigenvalue weighted by atomic mass is 9.92. The molecule has 8 heteroatoms. The van der Waals surface area contributed by atoms with Gasteiger partial charge in [-0.2, -0.15) is 0 Å². The van der Waals surface area contributed by atoms with E-state index in [0.717, 1.165) is 24.8 Å². The SMILES string of the molecule is CS(=O)(=O)N1CCC(CNS(=O)(=O)c2ccc3c(c2)CCCC3)CC1. The van der Waals surface area contributed by atoms with E-state index in [1.807, 2.05) is 12.1 Å². The predicted octanol–water partition coefficient (Wildman–Crippen LogP) is 1.52. The second-order valence-corrected chi connectivity index (χ2v) is 10.8. The molecule has 0 unspecified atom stereocenters. The lowest BCUT2D eigenvalue weighted by Crippen LogP contribution is -2.41. The third-order valence-corrected chi connectivity index (χ3v) is 7.96. The lowest BCUT2D eigenvalue weighted by Gasteiger charge is -2.30. The van der Waals surface area contributed by atoms with Crippen molar-refractivity contribution in [1.29, 1.82) is 0 Å². The van der Waals surface area contributed by atoms with E-state index >= 15 is 0 Å². The number of nitrogens with zero attached hydrogens (tertiary/aromatic N) is 1. The minimum absolute atomic E-state index is 0.172. The summed E-state index contributed by atoms with van der Waals surface area (Å²) in [6.07, 6.45) is 6.84. The summed E-state index contributed by atoms with van der Waals surface area (Å²) in [4.78, 5) is 0.335. The highest BCUT2D eigenvalue weighted by Crippen LogP contribution is 2.24. The number of hydrogen-bond donors (Lipinski definition) is 1. The molecule has 0 bridgehead atoms. The molecule has 0 radical (unpaired) electrons. The largest absolute Gasteiger partial charge is 0.240 e. The van der Waals surface area contributed by atoms with Crippen molar-refractivity contribution in [2.24, 2.45) is 5.92 Å². The molecule has 1 aliphatic heterocycles. The summed E-state index contributed by atoms with van der Waals surface area (Å²) in [6.45, 7) is 1.28. The van der Waals surface area contributed by atoms with Gasteiger partial charge in [0.15, 0.2) is 0 Å². The molecule has 1 aromatic carbocycles. The van der Waals surface area contributed by atoms with E-state index in [1.165, 1.54) is 22.5 Å². The van der Waals surface area contributed by atoms with Crippen LogP contribution in [0.1, 0.15) is 36.8 Å². The molecule has 6 nitrogen and oxygen atoms in total. The van der Waals surface area contributed by atoms with Crippen LogP contribution in [-0.4, -0.2) is 47.0 Å². The fourth-order valence-electron chi connectivity index (χ4n) is 3.63. The topological polar surface area (TPSA) is 83.6 Å². The maximum absolute atomic E-state index is 12.6. The Morgan fingerprint density at radius 1 is 1.04 bits per heavy atom. The lowest BCUT2D eigenvalue weighted by molar-refractivity contribution is 0.275. The number of rotatable bonds is 5. The van der Waals surface area contributed by atoms with Gasteiger partial charge in [-0.25, -0.2) is 25.9 Å². The van der Waals surface area contributed by atoms with Crippen molar-refractivity contribution in [2.45, 2.75) is 43.4 Å². The highest BCUT2D eigenvalue weighted by molar-refractivity contribution is 7.89. The van der Waals surface area contributed by atoms with Crippen LogP contribution < -0.4 is 4.72 Å². The standard InChI is InChI=1S/C17H26N2O4S2/c1-24(20,21)19-10-8-14(9-11-19)13-18-25(22,23)17-7-6-15-4-2-3-5-16(15)12-17/h6-7,12,14,18H,2-5,8-11,13H2,1H3. The van der Waals surface area contributed by atoms with Crippen LogP contribution in [0.3, 0.4) is 0 Å². The van der Waals surface area contributed by atoms with E-state index in [-0.39, 0.29) is 5.92 Å².